The summed E-state index contributed by atoms with van der Waals surface area (Å²) >= 11 is 0. The van der Waals surface area contributed by atoms with Gasteiger partial charge in [-0.15, -0.1) is 0 Å². The largest absolute Gasteiger partial charge is 0.394 e. The average molecular weight is 225 g/mol. The van der Waals surface area contributed by atoms with E-state index < -0.39 is 0 Å². The highest BCUT2D eigenvalue weighted by Crippen LogP contribution is 2.21. The van der Waals surface area contributed by atoms with E-state index in [0.717, 1.165) is 18.7 Å². The second-order valence-electron chi connectivity index (χ2n) is 3.90. The molecule has 1 heterocycles. The molecule has 0 aliphatic carbocycles. The molecule has 2 rings (SSSR count). The van der Waals surface area contributed by atoms with Crippen molar-refractivity contribution in [3.05, 3.63) is 35.6 Å². The van der Waals surface area contributed by atoms with E-state index in [2.05, 4.69) is 4.90 Å². The summed E-state index contributed by atoms with van der Waals surface area (Å²) in [6, 6.07) is 6.26. The molecule has 0 aromatic heterocycles. The number of benzene rings is 1. The Morgan fingerprint density at radius 2 is 1.88 bits per heavy atom. The molecule has 3 nitrogen and oxygen atoms in total. The molecule has 0 saturated carbocycles. The van der Waals surface area contributed by atoms with Crippen molar-refractivity contribution in [1.29, 1.82) is 0 Å². The van der Waals surface area contributed by atoms with Gasteiger partial charge in [-0.3, -0.25) is 4.90 Å². The fourth-order valence-electron chi connectivity index (χ4n) is 2.01. The van der Waals surface area contributed by atoms with Crippen LogP contribution in [0.3, 0.4) is 0 Å². The Labute approximate surface area is 94.4 Å². The van der Waals surface area contributed by atoms with Crippen LogP contribution < -0.4 is 0 Å². The van der Waals surface area contributed by atoms with Gasteiger partial charge in [0.25, 0.3) is 0 Å². The van der Waals surface area contributed by atoms with Crippen LogP contribution in [-0.4, -0.2) is 42.9 Å². The Morgan fingerprint density at radius 1 is 1.25 bits per heavy atom. The Kier molecular flexibility index (Phi) is 3.88. The molecule has 16 heavy (non-hydrogen) atoms. The number of aliphatic hydroxyl groups excluding tert-OH is 1. The fourth-order valence-corrected chi connectivity index (χ4v) is 2.01. The number of ether oxygens (including phenoxy) is 1. The summed E-state index contributed by atoms with van der Waals surface area (Å²) in [7, 11) is 0. The molecule has 4 heteroatoms. The van der Waals surface area contributed by atoms with Gasteiger partial charge in [0, 0.05) is 13.1 Å². The molecule has 0 radical (unpaired) electrons. The monoisotopic (exact) mass is 225 g/mol. The molecular formula is C12H16FNO2. The van der Waals surface area contributed by atoms with Gasteiger partial charge in [0.2, 0.25) is 0 Å². The van der Waals surface area contributed by atoms with Gasteiger partial charge in [0.15, 0.2) is 0 Å². The Balaban J connectivity index is 2.11. The minimum absolute atomic E-state index is 0.0473. The molecule has 1 aliphatic rings. The predicted molar refractivity (Wildman–Crippen MR) is 58.6 cm³/mol. The van der Waals surface area contributed by atoms with Crippen LogP contribution in [0.4, 0.5) is 4.39 Å². The van der Waals surface area contributed by atoms with Crippen molar-refractivity contribution in [3.8, 4) is 0 Å². The third kappa shape index (κ3) is 2.58. The van der Waals surface area contributed by atoms with Crippen molar-refractivity contribution >= 4 is 0 Å². The predicted octanol–water partition coefficient (Wildman–Crippen LogP) is 1.19. The molecule has 1 atom stereocenters. The summed E-state index contributed by atoms with van der Waals surface area (Å²) in [6.07, 6.45) is 0. The van der Waals surface area contributed by atoms with Crippen molar-refractivity contribution in [2.24, 2.45) is 0 Å². The number of nitrogens with zero attached hydrogens (tertiary/aromatic N) is 1. The van der Waals surface area contributed by atoms with Gasteiger partial charge in [-0.2, -0.15) is 0 Å². The van der Waals surface area contributed by atoms with Gasteiger partial charge < -0.3 is 9.84 Å². The van der Waals surface area contributed by atoms with Crippen LogP contribution in [0.5, 0.6) is 0 Å². The number of halogens is 1. The van der Waals surface area contributed by atoms with Gasteiger partial charge in [0.05, 0.1) is 25.9 Å². The lowest BCUT2D eigenvalue weighted by Gasteiger charge is -2.33. The summed E-state index contributed by atoms with van der Waals surface area (Å²) in [6.45, 7) is 3.05. The Bertz CT molecular complexity index is 322. The zero-order valence-electron chi connectivity index (χ0n) is 9.10. The summed E-state index contributed by atoms with van der Waals surface area (Å²) in [4.78, 5) is 2.16. The average Bonchev–Trinajstić information content (AvgIpc) is 2.34. The number of hydrogen-bond donors (Lipinski definition) is 1. The number of morpholine rings is 1. The first-order chi connectivity index (χ1) is 7.81. The maximum atomic E-state index is 12.8. The molecule has 1 aromatic rings. The first kappa shape index (κ1) is 11.5. The molecule has 1 saturated heterocycles. The van der Waals surface area contributed by atoms with Crippen molar-refractivity contribution < 1.29 is 14.2 Å². The van der Waals surface area contributed by atoms with Crippen LogP contribution in [0.25, 0.3) is 0 Å². The van der Waals surface area contributed by atoms with Crippen LogP contribution in [0.2, 0.25) is 0 Å². The lowest BCUT2D eigenvalue weighted by atomic mass is 10.1. The van der Waals surface area contributed by atoms with Gasteiger partial charge >= 0.3 is 0 Å². The maximum absolute atomic E-state index is 12.8. The van der Waals surface area contributed by atoms with E-state index in [0.29, 0.717) is 13.2 Å². The molecular weight excluding hydrogens is 209 g/mol. The zero-order valence-corrected chi connectivity index (χ0v) is 9.10. The molecule has 0 unspecified atom stereocenters. The third-order valence-corrected chi connectivity index (χ3v) is 2.91. The number of aliphatic hydroxyl groups is 1. The summed E-state index contributed by atoms with van der Waals surface area (Å²) < 4.78 is 18.1. The number of rotatable bonds is 3. The van der Waals surface area contributed by atoms with E-state index in [4.69, 9.17) is 4.74 Å². The van der Waals surface area contributed by atoms with E-state index >= 15 is 0 Å². The van der Waals surface area contributed by atoms with Gasteiger partial charge in [0.1, 0.15) is 5.82 Å². The molecule has 0 spiro atoms. The summed E-state index contributed by atoms with van der Waals surface area (Å²) in [5.74, 6) is -0.248. The fraction of sp³-hybridized carbons (Fsp3) is 0.500. The van der Waals surface area contributed by atoms with E-state index in [-0.39, 0.29) is 18.5 Å². The number of hydrogen-bond acceptors (Lipinski definition) is 3. The first-order valence-corrected chi connectivity index (χ1v) is 5.49. The molecule has 1 aliphatic heterocycles. The standard InChI is InChI=1S/C12H16FNO2/c13-11-3-1-10(2-4-11)12(9-15)14-5-7-16-8-6-14/h1-4,12,15H,5-9H2/t12-/m0/s1. The van der Waals surface area contributed by atoms with Gasteiger partial charge in [-0.1, -0.05) is 12.1 Å². The van der Waals surface area contributed by atoms with Gasteiger partial charge in [-0.25, -0.2) is 4.39 Å². The van der Waals surface area contributed by atoms with Crippen LogP contribution in [-0.2, 0) is 4.74 Å². The van der Waals surface area contributed by atoms with E-state index in [1.54, 1.807) is 12.1 Å². The summed E-state index contributed by atoms with van der Waals surface area (Å²) in [5.41, 5.74) is 0.950. The highest BCUT2D eigenvalue weighted by molar-refractivity contribution is 5.20. The zero-order chi connectivity index (χ0) is 11.4. The molecule has 88 valence electrons. The maximum Gasteiger partial charge on any atom is 0.123 e. The highest BCUT2D eigenvalue weighted by atomic mass is 19.1. The normalized spacial score (nSPS) is 19.6. The van der Waals surface area contributed by atoms with Crippen molar-refractivity contribution in [2.45, 2.75) is 6.04 Å². The Hall–Kier alpha value is -0.970. The van der Waals surface area contributed by atoms with Crippen LogP contribution >= 0.6 is 0 Å². The van der Waals surface area contributed by atoms with E-state index in [1.807, 2.05) is 0 Å². The summed E-state index contributed by atoms with van der Waals surface area (Å²) in [5, 5.41) is 9.42. The topological polar surface area (TPSA) is 32.7 Å². The van der Waals surface area contributed by atoms with E-state index in [1.165, 1.54) is 12.1 Å². The van der Waals surface area contributed by atoms with Crippen LogP contribution in [0, 0.1) is 5.82 Å². The van der Waals surface area contributed by atoms with Crippen molar-refractivity contribution in [3.63, 3.8) is 0 Å². The lowest BCUT2D eigenvalue weighted by Crippen LogP contribution is -2.40. The van der Waals surface area contributed by atoms with Crippen LogP contribution in [0.1, 0.15) is 11.6 Å². The molecule has 1 N–H and O–H groups in total. The highest BCUT2D eigenvalue weighted by Gasteiger charge is 2.21. The molecule has 0 amide bonds. The first-order valence-electron chi connectivity index (χ1n) is 5.49. The minimum atomic E-state index is -0.248. The second kappa shape index (κ2) is 5.39. The van der Waals surface area contributed by atoms with Gasteiger partial charge in [-0.05, 0) is 17.7 Å². The quantitative estimate of drug-likeness (QED) is 0.838. The Morgan fingerprint density at radius 3 is 2.44 bits per heavy atom. The van der Waals surface area contributed by atoms with E-state index in [9.17, 15) is 9.50 Å². The van der Waals surface area contributed by atoms with Crippen molar-refractivity contribution in [2.75, 3.05) is 32.9 Å². The molecule has 0 bridgehead atoms. The third-order valence-electron chi connectivity index (χ3n) is 2.91. The lowest BCUT2D eigenvalue weighted by molar-refractivity contribution is 0.00258. The molecule has 1 fully saturated rings. The minimum Gasteiger partial charge on any atom is -0.394 e. The smallest absolute Gasteiger partial charge is 0.123 e. The van der Waals surface area contributed by atoms with Crippen molar-refractivity contribution in [1.82, 2.24) is 4.90 Å². The van der Waals surface area contributed by atoms with Crippen LogP contribution in [0.15, 0.2) is 24.3 Å². The SMILES string of the molecule is OC[C@@H](c1ccc(F)cc1)N1CCOCC1. The molecule has 1 aromatic carbocycles. The second-order valence-corrected chi connectivity index (χ2v) is 3.90.